The first kappa shape index (κ1) is 15.0. The molecule has 6 heteroatoms. The second-order valence-electron chi connectivity index (χ2n) is 4.30. The van der Waals surface area contributed by atoms with Gasteiger partial charge in [0, 0.05) is 29.6 Å². The average molecular weight is 304 g/mol. The number of hydrogen-bond donors (Lipinski definition) is 2. The number of carbonyl (C=O) groups excluding carboxylic acids is 2. The van der Waals surface area contributed by atoms with Crippen molar-refractivity contribution in [2.45, 2.75) is 13.3 Å². The highest BCUT2D eigenvalue weighted by Crippen LogP contribution is 2.17. The second-order valence-corrected chi connectivity index (χ2v) is 4.69. The van der Waals surface area contributed by atoms with Gasteiger partial charge in [-0.1, -0.05) is 24.6 Å². The van der Waals surface area contributed by atoms with Crippen molar-refractivity contribution in [2.75, 3.05) is 10.6 Å². The Hall–Kier alpha value is -2.40. The van der Waals surface area contributed by atoms with Crippen molar-refractivity contribution < 1.29 is 9.59 Å². The van der Waals surface area contributed by atoms with Crippen LogP contribution in [-0.4, -0.2) is 16.8 Å². The molecule has 1 aromatic carbocycles. The van der Waals surface area contributed by atoms with E-state index in [-0.39, 0.29) is 17.0 Å². The maximum Gasteiger partial charge on any atom is 0.255 e. The lowest BCUT2D eigenvalue weighted by molar-refractivity contribution is -0.115. The molecule has 2 rings (SSSR count). The molecule has 5 nitrogen and oxygen atoms in total. The summed E-state index contributed by atoms with van der Waals surface area (Å²) in [6, 6.07) is 9.99. The van der Waals surface area contributed by atoms with Gasteiger partial charge in [0.05, 0.1) is 0 Å². The molecule has 0 aliphatic carbocycles. The summed E-state index contributed by atoms with van der Waals surface area (Å²) in [5.41, 5.74) is 1.63. The van der Waals surface area contributed by atoms with Gasteiger partial charge in [-0.2, -0.15) is 0 Å². The van der Waals surface area contributed by atoms with Gasteiger partial charge < -0.3 is 10.6 Å². The molecule has 0 unspecified atom stereocenters. The number of anilines is 2. The van der Waals surface area contributed by atoms with E-state index in [2.05, 4.69) is 15.6 Å². The third kappa shape index (κ3) is 4.29. The van der Waals surface area contributed by atoms with Crippen molar-refractivity contribution in [3.63, 3.8) is 0 Å². The van der Waals surface area contributed by atoms with Crippen LogP contribution in [0.25, 0.3) is 0 Å². The van der Waals surface area contributed by atoms with Crippen molar-refractivity contribution in [2.24, 2.45) is 0 Å². The monoisotopic (exact) mass is 303 g/mol. The zero-order valence-corrected chi connectivity index (χ0v) is 12.1. The molecule has 0 bridgehead atoms. The molecule has 0 saturated carbocycles. The Labute approximate surface area is 127 Å². The fourth-order valence-electron chi connectivity index (χ4n) is 1.67. The number of rotatable bonds is 4. The fraction of sp³-hybridized carbons (Fsp3) is 0.133. The topological polar surface area (TPSA) is 71.1 Å². The van der Waals surface area contributed by atoms with E-state index in [0.717, 1.165) is 0 Å². The van der Waals surface area contributed by atoms with Crippen LogP contribution < -0.4 is 10.6 Å². The number of nitrogens with zero attached hydrogens (tertiary/aromatic N) is 1. The molecule has 2 amide bonds. The first-order valence-electron chi connectivity index (χ1n) is 6.41. The van der Waals surface area contributed by atoms with Crippen LogP contribution in [0.1, 0.15) is 23.7 Å². The van der Waals surface area contributed by atoms with Crippen LogP contribution in [0.15, 0.2) is 42.6 Å². The number of amides is 2. The normalized spacial score (nSPS) is 10.0. The Morgan fingerprint density at radius 3 is 2.52 bits per heavy atom. The van der Waals surface area contributed by atoms with Gasteiger partial charge in [-0.25, -0.2) is 4.98 Å². The minimum atomic E-state index is -0.293. The minimum absolute atomic E-state index is 0.0839. The van der Waals surface area contributed by atoms with E-state index in [1.54, 1.807) is 37.3 Å². The van der Waals surface area contributed by atoms with Gasteiger partial charge >= 0.3 is 0 Å². The van der Waals surface area contributed by atoms with Crippen LogP contribution >= 0.6 is 11.6 Å². The summed E-state index contributed by atoms with van der Waals surface area (Å²) in [4.78, 5) is 27.2. The van der Waals surface area contributed by atoms with Gasteiger partial charge in [-0.05, 0) is 30.3 Å². The van der Waals surface area contributed by atoms with Crippen LogP contribution in [0.3, 0.4) is 0 Å². The molecule has 21 heavy (non-hydrogen) atoms. The van der Waals surface area contributed by atoms with E-state index in [1.807, 2.05) is 0 Å². The SMILES string of the molecule is CCC(=O)Nc1cccc(NC(=O)c2ccnc(Cl)c2)c1. The first-order chi connectivity index (χ1) is 10.1. The first-order valence-corrected chi connectivity index (χ1v) is 6.79. The van der Waals surface area contributed by atoms with Gasteiger partial charge in [0.15, 0.2) is 0 Å². The zero-order chi connectivity index (χ0) is 15.2. The van der Waals surface area contributed by atoms with Crippen molar-refractivity contribution in [1.29, 1.82) is 0 Å². The number of carbonyl (C=O) groups is 2. The van der Waals surface area contributed by atoms with E-state index < -0.39 is 0 Å². The highest BCUT2D eigenvalue weighted by atomic mass is 35.5. The number of benzene rings is 1. The molecule has 0 radical (unpaired) electrons. The van der Waals surface area contributed by atoms with E-state index >= 15 is 0 Å². The molecule has 2 N–H and O–H groups in total. The Bertz CT molecular complexity index is 673. The second kappa shape index (κ2) is 6.85. The van der Waals surface area contributed by atoms with Gasteiger partial charge in [0.2, 0.25) is 5.91 Å². The van der Waals surface area contributed by atoms with Crippen LogP contribution in [0, 0.1) is 0 Å². The predicted octanol–water partition coefficient (Wildman–Crippen LogP) is 3.34. The van der Waals surface area contributed by atoms with E-state index in [9.17, 15) is 9.59 Å². The number of aromatic nitrogens is 1. The quantitative estimate of drug-likeness (QED) is 0.851. The summed E-state index contributed by atoms with van der Waals surface area (Å²) < 4.78 is 0. The summed E-state index contributed by atoms with van der Waals surface area (Å²) in [6.45, 7) is 1.77. The summed E-state index contributed by atoms with van der Waals surface area (Å²) >= 11 is 5.75. The molecule has 0 spiro atoms. The molecule has 0 atom stereocenters. The Kier molecular flexibility index (Phi) is 4.90. The molecule has 1 aromatic heterocycles. The van der Waals surface area contributed by atoms with Gasteiger partial charge in [-0.15, -0.1) is 0 Å². The molecule has 0 fully saturated rings. The third-order valence-corrected chi connectivity index (χ3v) is 2.92. The largest absolute Gasteiger partial charge is 0.326 e. The van der Waals surface area contributed by atoms with Crippen molar-refractivity contribution in [1.82, 2.24) is 4.98 Å². The molecular weight excluding hydrogens is 290 g/mol. The maximum atomic E-state index is 12.1. The minimum Gasteiger partial charge on any atom is -0.326 e. The molecule has 1 heterocycles. The van der Waals surface area contributed by atoms with Crippen molar-refractivity contribution >= 4 is 34.8 Å². The molecule has 108 valence electrons. The fourth-order valence-corrected chi connectivity index (χ4v) is 1.84. The highest BCUT2D eigenvalue weighted by molar-refractivity contribution is 6.29. The molecular formula is C15H14ClN3O2. The van der Waals surface area contributed by atoms with E-state index in [4.69, 9.17) is 11.6 Å². The third-order valence-electron chi connectivity index (χ3n) is 2.71. The summed E-state index contributed by atoms with van der Waals surface area (Å²) in [7, 11) is 0. The van der Waals surface area contributed by atoms with E-state index in [1.165, 1.54) is 12.3 Å². The van der Waals surface area contributed by atoms with Gasteiger partial charge in [-0.3, -0.25) is 9.59 Å². The van der Waals surface area contributed by atoms with Crippen LogP contribution in [0.2, 0.25) is 5.15 Å². The average Bonchev–Trinajstić information content (AvgIpc) is 2.47. The Morgan fingerprint density at radius 2 is 1.86 bits per heavy atom. The lowest BCUT2D eigenvalue weighted by Crippen LogP contribution is -2.13. The number of pyridine rings is 1. The lowest BCUT2D eigenvalue weighted by Gasteiger charge is -2.08. The lowest BCUT2D eigenvalue weighted by atomic mass is 10.2. The van der Waals surface area contributed by atoms with Gasteiger partial charge in [0.1, 0.15) is 5.15 Å². The predicted molar refractivity (Wildman–Crippen MR) is 82.6 cm³/mol. The van der Waals surface area contributed by atoms with Crippen molar-refractivity contribution in [3.05, 3.63) is 53.3 Å². The zero-order valence-electron chi connectivity index (χ0n) is 11.4. The number of hydrogen-bond acceptors (Lipinski definition) is 3. The van der Waals surface area contributed by atoms with Crippen molar-refractivity contribution in [3.8, 4) is 0 Å². The summed E-state index contributed by atoms with van der Waals surface area (Å²) in [5, 5.41) is 5.73. The van der Waals surface area contributed by atoms with Gasteiger partial charge in [0.25, 0.3) is 5.91 Å². The standard InChI is InChI=1S/C15H14ClN3O2/c1-2-14(20)18-11-4-3-5-12(9-11)19-15(21)10-6-7-17-13(16)8-10/h3-9H,2H2,1H3,(H,18,20)(H,19,21). The number of halogens is 1. The van der Waals surface area contributed by atoms with E-state index in [0.29, 0.717) is 23.4 Å². The molecule has 0 aliphatic heterocycles. The summed E-state index contributed by atoms with van der Waals surface area (Å²) in [6.07, 6.45) is 1.86. The summed E-state index contributed by atoms with van der Waals surface area (Å²) in [5.74, 6) is -0.377. The molecule has 0 saturated heterocycles. The van der Waals surface area contributed by atoms with Crippen LogP contribution in [0.5, 0.6) is 0 Å². The Morgan fingerprint density at radius 1 is 1.14 bits per heavy atom. The van der Waals surface area contributed by atoms with Crippen LogP contribution in [0.4, 0.5) is 11.4 Å². The smallest absolute Gasteiger partial charge is 0.255 e. The highest BCUT2D eigenvalue weighted by Gasteiger charge is 2.07. The molecule has 0 aliphatic rings. The Balaban J connectivity index is 2.11. The maximum absolute atomic E-state index is 12.1. The van der Waals surface area contributed by atoms with Crippen LogP contribution in [-0.2, 0) is 4.79 Å². The molecule has 2 aromatic rings. The number of nitrogens with one attached hydrogen (secondary N) is 2.